The van der Waals surface area contributed by atoms with Crippen LogP contribution in [0.5, 0.6) is 0 Å². The molecule has 1 aromatic carbocycles. The molecule has 1 aliphatic rings. The van der Waals surface area contributed by atoms with E-state index in [4.69, 9.17) is 0 Å². The third-order valence-electron chi connectivity index (χ3n) is 4.15. The van der Waals surface area contributed by atoms with Gasteiger partial charge in [0.1, 0.15) is 0 Å². The van der Waals surface area contributed by atoms with Gasteiger partial charge in [-0.2, -0.15) is 0 Å². The van der Waals surface area contributed by atoms with Gasteiger partial charge >= 0.3 is 5.69 Å². The Morgan fingerprint density at radius 3 is 2.55 bits per heavy atom. The van der Waals surface area contributed by atoms with Crippen molar-refractivity contribution in [3.05, 3.63) is 52.2 Å². The van der Waals surface area contributed by atoms with Gasteiger partial charge in [0.2, 0.25) is 0 Å². The molecule has 3 rings (SSSR count). The van der Waals surface area contributed by atoms with Crippen molar-refractivity contribution in [1.82, 2.24) is 14.5 Å². The summed E-state index contributed by atoms with van der Waals surface area (Å²) in [5.74, 6) is 0.603. The molecule has 1 unspecified atom stereocenters. The number of piperidine rings is 1. The zero-order chi connectivity index (χ0) is 14.1. The van der Waals surface area contributed by atoms with Crippen LogP contribution in [0.25, 0.3) is 5.69 Å². The van der Waals surface area contributed by atoms with Crippen molar-refractivity contribution in [2.24, 2.45) is 7.05 Å². The first-order valence-electron chi connectivity index (χ1n) is 7.23. The van der Waals surface area contributed by atoms with E-state index in [-0.39, 0.29) is 5.69 Å². The first-order chi connectivity index (χ1) is 9.66. The topological polar surface area (TPSA) is 39.0 Å². The van der Waals surface area contributed by atoms with E-state index in [0.29, 0.717) is 5.92 Å². The minimum absolute atomic E-state index is 0.00887. The van der Waals surface area contributed by atoms with E-state index in [1.807, 2.05) is 13.1 Å². The molecular weight excluding hydrogens is 250 g/mol. The van der Waals surface area contributed by atoms with Crippen molar-refractivity contribution in [3.8, 4) is 5.69 Å². The first-order valence-corrected chi connectivity index (χ1v) is 7.23. The van der Waals surface area contributed by atoms with E-state index in [1.54, 1.807) is 16.2 Å². The standard InChI is InChI=1S/C16H21N3O/c1-12-11-18(2)16(20)19(12)15-7-5-13(6-8-15)14-4-3-9-17-10-14/h5-8,11,14,17H,3-4,9-10H2,1-2H3. The van der Waals surface area contributed by atoms with Gasteiger partial charge < -0.3 is 9.88 Å². The summed E-state index contributed by atoms with van der Waals surface area (Å²) < 4.78 is 3.37. The lowest BCUT2D eigenvalue weighted by Crippen LogP contribution is -2.28. The number of hydrogen-bond acceptors (Lipinski definition) is 2. The fourth-order valence-corrected chi connectivity index (χ4v) is 3.05. The summed E-state index contributed by atoms with van der Waals surface area (Å²) >= 11 is 0. The fraction of sp³-hybridized carbons (Fsp3) is 0.438. The molecule has 0 saturated carbocycles. The lowest BCUT2D eigenvalue weighted by atomic mass is 9.91. The molecule has 4 nitrogen and oxygen atoms in total. The molecule has 4 heteroatoms. The monoisotopic (exact) mass is 271 g/mol. The summed E-state index contributed by atoms with van der Waals surface area (Å²) in [5, 5.41) is 3.44. The molecule has 0 amide bonds. The number of hydrogen-bond donors (Lipinski definition) is 1. The minimum Gasteiger partial charge on any atom is -0.316 e. The van der Waals surface area contributed by atoms with Gasteiger partial charge in [0.15, 0.2) is 0 Å². The number of nitrogens with zero attached hydrogens (tertiary/aromatic N) is 2. The molecule has 0 aliphatic carbocycles. The maximum Gasteiger partial charge on any atom is 0.332 e. The maximum atomic E-state index is 12.1. The van der Waals surface area contributed by atoms with Gasteiger partial charge in [-0.25, -0.2) is 4.79 Å². The molecule has 0 radical (unpaired) electrons. The summed E-state index contributed by atoms with van der Waals surface area (Å²) in [6.07, 6.45) is 4.35. The summed E-state index contributed by atoms with van der Waals surface area (Å²) in [4.78, 5) is 12.1. The fourth-order valence-electron chi connectivity index (χ4n) is 3.05. The van der Waals surface area contributed by atoms with Crippen LogP contribution in [0.1, 0.15) is 30.0 Å². The molecule has 1 atom stereocenters. The van der Waals surface area contributed by atoms with Gasteiger partial charge in [-0.05, 0) is 49.9 Å². The Morgan fingerprint density at radius 2 is 2.00 bits per heavy atom. The van der Waals surface area contributed by atoms with Crippen LogP contribution in [-0.4, -0.2) is 22.2 Å². The number of benzene rings is 1. The van der Waals surface area contributed by atoms with E-state index in [2.05, 4.69) is 29.6 Å². The highest BCUT2D eigenvalue weighted by Gasteiger charge is 2.15. The van der Waals surface area contributed by atoms with Crippen LogP contribution in [0, 0.1) is 6.92 Å². The van der Waals surface area contributed by atoms with Crippen LogP contribution in [0.2, 0.25) is 0 Å². The van der Waals surface area contributed by atoms with Crippen LogP contribution >= 0.6 is 0 Å². The minimum atomic E-state index is 0.00887. The Morgan fingerprint density at radius 1 is 1.25 bits per heavy atom. The summed E-state index contributed by atoms with van der Waals surface area (Å²) in [7, 11) is 1.79. The zero-order valence-corrected chi connectivity index (χ0v) is 12.1. The van der Waals surface area contributed by atoms with E-state index in [0.717, 1.165) is 24.5 Å². The van der Waals surface area contributed by atoms with Gasteiger partial charge in [-0.1, -0.05) is 12.1 Å². The summed E-state index contributed by atoms with van der Waals surface area (Å²) in [6, 6.07) is 8.43. The van der Waals surface area contributed by atoms with Crippen LogP contribution < -0.4 is 11.0 Å². The van der Waals surface area contributed by atoms with Crippen molar-refractivity contribution in [3.63, 3.8) is 0 Å². The van der Waals surface area contributed by atoms with E-state index < -0.39 is 0 Å². The Labute approximate surface area is 119 Å². The zero-order valence-electron chi connectivity index (χ0n) is 12.1. The molecule has 1 fully saturated rings. The van der Waals surface area contributed by atoms with Crippen molar-refractivity contribution in [2.75, 3.05) is 13.1 Å². The second-order valence-corrected chi connectivity index (χ2v) is 5.63. The largest absolute Gasteiger partial charge is 0.332 e. The molecular formula is C16H21N3O. The Bertz CT molecular complexity index is 645. The predicted molar refractivity (Wildman–Crippen MR) is 80.6 cm³/mol. The quantitative estimate of drug-likeness (QED) is 0.907. The maximum absolute atomic E-state index is 12.1. The molecule has 106 valence electrons. The molecule has 0 spiro atoms. The molecule has 1 saturated heterocycles. The van der Waals surface area contributed by atoms with Crippen LogP contribution in [0.4, 0.5) is 0 Å². The third-order valence-corrected chi connectivity index (χ3v) is 4.15. The van der Waals surface area contributed by atoms with E-state index >= 15 is 0 Å². The summed E-state index contributed by atoms with van der Waals surface area (Å²) in [5.41, 5.74) is 3.28. The van der Waals surface area contributed by atoms with Gasteiger partial charge in [-0.3, -0.25) is 4.57 Å². The number of nitrogens with one attached hydrogen (secondary N) is 1. The average Bonchev–Trinajstić information content (AvgIpc) is 2.73. The number of aryl methyl sites for hydroxylation is 2. The van der Waals surface area contributed by atoms with E-state index in [9.17, 15) is 4.79 Å². The number of imidazole rings is 1. The van der Waals surface area contributed by atoms with Crippen LogP contribution in [0.3, 0.4) is 0 Å². The molecule has 1 aromatic heterocycles. The Hall–Kier alpha value is -1.81. The lowest BCUT2D eigenvalue weighted by molar-refractivity contribution is 0.461. The van der Waals surface area contributed by atoms with Crippen molar-refractivity contribution >= 4 is 0 Å². The SMILES string of the molecule is Cc1cn(C)c(=O)n1-c1ccc(C2CCCNC2)cc1. The van der Waals surface area contributed by atoms with E-state index in [1.165, 1.54) is 18.4 Å². The van der Waals surface area contributed by atoms with Crippen molar-refractivity contribution in [1.29, 1.82) is 0 Å². The second-order valence-electron chi connectivity index (χ2n) is 5.63. The first kappa shape index (κ1) is 13.2. The Balaban J connectivity index is 1.91. The molecule has 1 aliphatic heterocycles. The van der Waals surface area contributed by atoms with Gasteiger partial charge in [0, 0.05) is 25.5 Å². The second kappa shape index (κ2) is 5.29. The Kier molecular flexibility index (Phi) is 3.49. The number of rotatable bonds is 2. The number of aromatic nitrogens is 2. The molecule has 20 heavy (non-hydrogen) atoms. The van der Waals surface area contributed by atoms with Crippen molar-refractivity contribution < 1.29 is 0 Å². The normalized spacial score (nSPS) is 19.2. The smallest absolute Gasteiger partial charge is 0.316 e. The predicted octanol–water partition coefficient (Wildman–Crippen LogP) is 1.95. The lowest BCUT2D eigenvalue weighted by Gasteiger charge is -2.23. The van der Waals surface area contributed by atoms with Gasteiger partial charge in [0.05, 0.1) is 5.69 Å². The average molecular weight is 271 g/mol. The van der Waals surface area contributed by atoms with Crippen LogP contribution in [0.15, 0.2) is 35.3 Å². The highest BCUT2D eigenvalue weighted by molar-refractivity contribution is 5.37. The molecule has 1 N–H and O–H groups in total. The summed E-state index contributed by atoms with van der Waals surface area (Å²) in [6.45, 7) is 4.15. The highest BCUT2D eigenvalue weighted by Crippen LogP contribution is 2.24. The molecule has 2 aromatic rings. The van der Waals surface area contributed by atoms with Gasteiger partial charge in [0.25, 0.3) is 0 Å². The molecule has 2 heterocycles. The van der Waals surface area contributed by atoms with Gasteiger partial charge in [-0.15, -0.1) is 0 Å². The van der Waals surface area contributed by atoms with Crippen LogP contribution in [-0.2, 0) is 7.05 Å². The van der Waals surface area contributed by atoms with Crippen molar-refractivity contribution in [2.45, 2.75) is 25.7 Å². The molecule has 0 bridgehead atoms. The highest BCUT2D eigenvalue weighted by atomic mass is 16.1. The third kappa shape index (κ3) is 2.31.